The third kappa shape index (κ3) is 3.52. The average Bonchev–Trinajstić information content (AvgIpc) is 3.04. The Morgan fingerprint density at radius 2 is 2.00 bits per heavy atom. The van der Waals surface area contributed by atoms with Crippen LogP contribution in [0.15, 0.2) is 57.4 Å². The minimum atomic E-state index is -0.735. The SMILES string of the molecule is O=C(N/N=C/c1cc(Br)cs1)[C@@H]1COc2cc3ccccc3cc2O1. The molecule has 2 heterocycles. The zero-order chi connectivity index (χ0) is 17.2. The van der Waals surface area contributed by atoms with Crippen LogP contribution in [-0.2, 0) is 4.79 Å². The van der Waals surface area contributed by atoms with Gasteiger partial charge in [0, 0.05) is 14.7 Å². The molecule has 1 aliphatic heterocycles. The Balaban J connectivity index is 1.45. The lowest BCUT2D eigenvalue weighted by molar-refractivity contribution is -0.130. The van der Waals surface area contributed by atoms with E-state index in [4.69, 9.17) is 9.47 Å². The Bertz CT molecular complexity index is 970. The number of ether oxygens (including phenoxy) is 2. The van der Waals surface area contributed by atoms with E-state index in [9.17, 15) is 4.79 Å². The summed E-state index contributed by atoms with van der Waals surface area (Å²) in [4.78, 5) is 13.2. The molecule has 1 aromatic heterocycles. The summed E-state index contributed by atoms with van der Waals surface area (Å²) < 4.78 is 12.5. The highest BCUT2D eigenvalue weighted by Gasteiger charge is 2.27. The number of amides is 1. The summed E-state index contributed by atoms with van der Waals surface area (Å²) in [5.41, 5.74) is 2.49. The second kappa shape index (κ2) is 6.85. The van der Waals surface area contributed by atoms with Gasteiger partial charge in [0.15, 0.2) is 11.5 Å². The Morgan fingerprint density at radius 3 is 2.72 bits per heavy atom. The van der Waals surface area contributed by atoms with Crippen LogP contribution in [0.2, 0.25) is 0 Å². The summed E-state index contributed by atoms with van der Waals surface area (Å²) in [5.74, 6) is 0.872. The predicted molar refractivity (Wildman–Crippen MR) is 102 cm³/mol. The Morgan fingerprint density at radius 1 is 1.24 bits per heavy atom. The molecule has 7 heteroatoms. The van der Waals surface area contributed by atoms with Crippen molar-refractivity contribution < 1.29 is 14.3 Å². The number of nitrogens with zero attached hydrogens (tertiary/aromatic N) is 1. The summed E-state index contributed by atoms with van der Waals surface area (Å²) >= 11 is 4.90. The number of carbonyl (C=O) groups is 1. The molecule has 1 aliphatic rings. The molecule has 0 bridgehead atoms. The molecular weight excluding hydrogens is 404 g/mol. The van der Waals surface area contributed by atoms with E-state index in [1.807, 2.05) is 47.8 Å². The van der Waals surface area contributed by atoms with Crippen LogP contribution in [-0.4, -0.2) is 24.8 Å². The molecule has 0 fully saturated rings. The van der Waals surface area contributed by atoms with Crippen molar-refractivity contribution >= 4 is 50.2 Å². The number of halogens is 1. The molecule has 4 rings (SSSR count). The minimum absolute atomic E-state index is 0.150. The van der Waals surface area contributed by atoms with Gasteiger partial charge in [0.05, 0.1) is 6.21 Å². The van der Waals surface area contributed by atoms with Gasteiger partial charge in [-0.1, -0.05) is 24.3 Å². The van der Waals surface area contributed by atoms with Gasteiger partial charge in [-0.2, -0.15) is 5.10 Å². The summed E-state index contributed by atoms with van der Waals surface area (Å²) in [6.45, 7) is 0.150. The van der Waals surface area contributed by atoms with Crippen molar-refractivity contribution in [2.75, 3.05) is 6.61 Å². The highest BCUT2D eigenvalue weighted by molar-refractivity contribution is 9.10. The van der Waals surface area contributed by atoms with Crippen LogP contribution in [0.5, 0.6) is 11.5 Å². The zero-order valence-electron chi connectivity index (χ0n) is 12.9. The average molecular weight is 417 g/mol. The molecule has 0 saturated carbocycles. The van der Waals surface area contributed by atoms with E-state index in [2.05, 4.69) is 26.5 Å². The van der Waals surface area contributed by atoms with E-state index in [0.29, 0.717) is 11.5 Å². The molecule has 0 unspecified atom stereocenters. The van der Waals surface area contributed by atoms with E-state index < -0.39 is 6.10 Å². The van der Waals surface area contributed by atoms with Crippen LogP contribution in [0.4, 0.5) is 0 Å². The van der Waals surface area contributed by atoms with E-state index in [1.165, 1.54) is 11.3 Å². The van der Waals surface area contributed by atoms with Gasteiger partial charge in [-0.25, -0.2) is 5.43 Å². The molecule has 3 aromatic rings. The number of carbonyl (C=O) groups excluding carboxylic acids is 1. The normalized spacial score (nSPS) is 16.3. The number of benzene rings is 2. The Kier molecular flexibility index (Phi) is 4.42. The third-order valence-corrected chi connectivity index (χ3v) is 5.35. The number of hydrogen-bond acceptors (Lipinski definition) is 5. The van der Waals surface area contributed by atoms with Gasteiger partial charge in [0.25, 0.3) is 5.91 Å². The molecule has 1 atom stereocenters. The second-order valence-electron chi connectivity index (χ2n) is 5.47. The quantitative estimate of drug-likeness (QED) is 0.519. The van der Waals surface area contributed by atoms with Crippen molar-refractivity contribution in [1.82, 2.24) is 5.43 Å². The predicted octanol–water partition coefficient (Wildman–Crippen LogP) is 3.95. The van der Waals surface area contributed by atoms with Crippen LogP contribution in [0, 0.1) is 0 Å². The molecule has 0 aliphatic carbocycles. The fourth-order valence-electron chi connectivity index (χ4n) is 2.51. The lowest BCUT2D eigenvalue weighted by atomic mass is 10.1. The fourth-order valence-corrected chi connectivity index (χ4v) is 3.82. The first kappa shape index (κ1) is 16.1. The first-order valence-corrected chi connectivity index (χ1v) is 9.25. The third-order valence-electron chi connectivity index (χ3n) is 3.72. The van der Waals surface area contributed by atoms with Crippen LogP contribution in [0.1, 0.15) is 4.88 Å². The van der Waals surface area contributed by atoms with Gasteiger partial charge in [0.1, 0.15) is 6.61 Å². The molecule has 126 valence electrons. The summed E-state index contributed by atoms with van der Waals surface area (Å²) in [7, 11) is 0. The number of fused-ring (bicyclic) bond motifs is 2. The number of hydrazone groups is 1. The van der Waals surface area contributed by atoms with Crippen molar-refractivity contribution in [3.8, 4) is 11.5 Å². The van der Waals surface area contributed by atoms with Crippen molar-refractivity contribution in [2.24, 2.45) is 5.10 Å². The number of hydrogen-bond donors (Lipinski definition) is 1. The molecule has 1 N–H and O–H groups in total. The van der Waals surface area contributed by atoms with Gasteiger partial charge in [-0.3, -0.25) is 4.79 Å². The molecule has 2 aromatic carbocycles. The largest absolute Gasteiger partial charge is 0.485 e. The smallest absolute Gasteiger partial charge is 0.284 e. The lowest BCUT2D eigenvalue weighted by Crippen LogP contribution is -2.42. The molecule has 5 nitrogen and oxygen atoms in total. The number of thiophene rings is 1. The maximum atomic E-state index is 12.2. The van der Waals surface area contributed by atoms with Gasteiger partial charge < -0.3 is 9.47 Å². The highest BCUT2D eigenvalue weighted by Crippen LogP contribution is 2.35. The first-order valence-electron chi connectivity index (χ1n) is 7.58. The van der Waals surface area contributed by atoms with Gasteiger partial charge >= 0.3 is 0 Å². The lowest BCUT2D eigenvalue weighted by Gasteiger charge is -2.25. The van der Waals surface area contributed by atoms with Crippen LogP contribution in [0.25, 0.3) is 10.8 Å². The standard InChI is InChI=1S/C18H13BrN2O3S/c19-13-7-14(25-10-13)8-20-21-18(22)17-9-23-15-5-11-3-1-2-4-12(11)6-16(15)24-17/h1-8,10,17H,9H2,(H,21,22)/b20-8+/t17-/m0/s1. The number of nitrogens with one attached hydrogen (secondary N) is 1. The molecule has 0 radical (unpaired) electrons. The van der Waals surface area contributed by atoms with Gasteiger partial charge in [-0.05, 0) is 44.9 Å². The van der Waals surface area contributed by atoms with Crippen molar-refractivity contribution in [2.45, 2.75) is 6.10 Å². The maximum Gasteiger partial charge on any atom is 0.284 e. The topological polar surface area (TPSA) is 59.9 Å². The van der Waals surface area contributed by atoms with Gasteiger partial charge in [0.2, 0.25) is 6.10 Å². The zero-order valence-corrected chi connectivity index (χ0v) is 15.3. The minimum Gasteiger partial charge on any atom is -0.485 e. The molecule has 0 spiro atoms. The summed E-state index contributed by atoms with van der Waals surface area (Å²) in [6.07, 6.45) is 0.860. The molecule has 1 amide bonds. The summed E-state index contributed by atoms with van der Waals surface area (Å²) in [6, 6.07) is 13.7. The van der Waals surface area contributed by atoms with Crippen molar-refractivity contribution in [3.05, 3.63) is 57.2 Å². The van der Waals surface area contributed by atoms with E-state index in [-0.39, 0.29) is 12.5 Å². The van der Waals surface area contributed by atoms with E-state index >= 15 is 0 Å². The van der Waals surface area contributed by atoms with E-state index in [0.717, 1.165) is 20.1 Å². The summed E-state index contributed by atoms with van der Waals surface area (Å²) in [5, 5.41) is 8.02. The molecule has 25 heavy (non-hydrogen) atoms. The maximum absolute atomic E-state index is 12.2. The van der Waals surface area contributed by atoms with Crippen molar-refractivity contribution in [3.63, 3.8) is 0 Å². The fraction of sp³-hybridized carbons (Fsp3) is 0.111. The van der Waals surface area contributed by atoms with E-state index in [1.54, 1.807) is 6.21 Å². The monoisotopic (exact) mass is 416 g/mol. The molecule has 0 saturated heterocycles. The van der Waals surface area contributed by atoms with Crippen LogP contribution in [0.3, 0.4) is 0 Å². The van der Waals surface area contributed by atoms with Crippen LogP contribution >= 0.6 is 27.3 Å². The highest BCUT2D eigenvalue weighted by atomic mass is 79.9. The first-order chi connectivity index (χ1) is 12.2. The van der Waals surface area contributed by atoms with Crippen LogP contribution < -0.4 is 14.9 Å². The molecular formula is C18H13BrN2O3S. The Hall–Kier alpha value is -2.38. The number of rotatable bonds is 3. The van der Waals surface area contributed by atoms with Gasteiger partial charge in [-0.15, -0.1) is 11.3 Å². The Labute approximate surface area is 156 Å². The van der Waals surface area contributed by atoms with Crippen molar-refractivity contribution in [1.29, 1.82) is 0 Å². The second-order valence-corrected chi connectivity index (χ2v) is 7.32.